The molecule has 2 amide bonds. The van der Waals surface area contributed by atoms with Crippen molar-refractivity contribution in [1.82, 2.24) is 9.80 Å². The van der Waals surface area contributed by atoms with Gasteiger partial charge in [0.15, 0.2) is 0 Å². The molecule has 1 aromatic carbocycles. The van der Waals surface area contributed by atoms with E-state index in [0.717, 1.165) is 44.5 Å². The van der Waals surface area contributed by atoms with Crippen LogP contribution < -0.4 is 0 Å². The molecule has 2 saturated heterocycles. The predicted molar refractivity (Wildman–Crippen MR) is 101 cm³/mol. The second-order valence-corrected chi connectivity index (χ2v) is 7.94. The smallest absolute Gasteiger partial charge is 0.226 e. The van der Waals surface area contributed by atoms with Crippen LogP contribution in [0.2, 0.25) is 0 Å². The number of aliphatic hydroxyl groups is 1. The summed E-state index contributed by atoms with van der Waals surface area (Å²) >= 11 is 0. The fraction of sp³-hybridized carbons (Fsp3) is 0.619. The van der Waals surface area contributed by atoms with Gasteiger partial charge in [0.05, 0.1) is 6.42 Å². The fourth-order valence-electron chi connectivity index (χ4n) is 4.20. The summed E-state index contributed by atoms with van der Waals surface area (Å²) in [5.74, 6) is 0.412. The highest BCUT2D eigenvalue weighted by Gasteiger charge is 2.41. The molecule has 0 aliphatic carbocycles. The van der Waals surface area contributed by atoms with Crippen molar-refractivity contribution in [3.05, 3.63) is 35.4 Å². The van der Waals surface area contributed by atoms with E-state index in [9.17, 15) is 9.59 Å². The number of aryl methyl sites for hydroxylation is 1. The SMILES string of the molecule is Cc1ccc(CC(=O)N2CCC3(CCC(=O)N(CCCO)C3)CC2)cc1. The van der Waals surface area contributed by atoms with Gasteiger partial charge in [0, 0.05) is 39.2 Å². The van der Waals surface area contributed by atoms with E-state index in [4.69, 9.17) is 5.11 Å². The number of nitrogens with zero attached hydrogens (tertiary/aromatic N) is 2. The molecule has 26 heavy (non-hydrogen) atoms. The van der Waals surface area contributed by atoms with Crippen molar-refractivity contribution in [2.75, 3.05) is 32.8 Å². The lowest BCUT2D eigenvalue weighted by Crippen LogP contribution is -2.52. The first-order valence-corrected chi connectivity index (χ1v) is 9.73. The second-order valence-electron chi connectivity index (χ2n) is 7.94. The highest BCUT2D eigenvalue weighted by molar-refractivity contribution is 5.79. The Bertz CT molecular complexity index is 633. The topological polar surface area (TPSA) is 60.9 Å². The molecule has 0 radical (unpaired) electrons. The average molecular weight is 358 g/mol. The van der Waals surface area contributed by atoms with Crippen molar-refractivity contribution in [3.8, 4) is 0 Å². The summed E-state index contributed by atoms with van der Waals surface area (Å²) in [6.45, 7) is 5.17. The Morgan fingerprint density at radius 3 is 2.50 bits per heavy atom. The third-order valence-corrected chi connectivity index (χ3v) is 5.99. The third kappa shape index (κ3) is 4.44. The number of likely N-dealkylation sites (tertiary alicyclic amines) is 2. The molecule has 3 rings (SSSR count). The predicted octanol–water partition coefficient (Wildman–Crippen LogP) is 2.15. The monoisotopic (exact) mass is 358 g/mol. The number of aliphatic hydroxyl groups excluding tert-OH is 1. The Kier molecular flexibility index (Phi) is 5.97. The van der Waals surface area contributed by atoms with Gasteiger partial charge in [-0.15, -0.1) is 0 Å². The van der Waals surface area contributed by atoms with Crippen LogP contribution in [0.1, 0.15) is 43.2 Å². The Hall–Kier alpha value is -1.88. The second kappa shape index (κ2) is 8.21. The molecule has 0 atom stereocenters. The maximum atomic E-state index is 12.6. The summed E-state index contributed by atoms with van der Waals surface area (Å²) in [5, 5.41) is 9.03. The van der Waals surface area contributed by atoms with Gasteiger partial charge in [-0.05, 0) is 43.6 Å². The maximum Gasteiger partial charge on any atom is 0.226 e. The zero-order valence-electron chi connectivity index (χ0n) is 15.7. The van der Waals surface area contributed by atoms with Crippen LogP contribution in [0.15, 0.2) is 24.3 Å². The van der Waals surface area contributed by atoms with Crippen LogP contribution in [0, 0.1) is 12.3 Å². The van der Waals surface area contributed by atoms with E-state index in [1.54, 1.807) is 0 Å². The molecular formula is C21H30N2O3. The summed E-state index contributed by atoms with van der Waals surface area (Å²) in [5.41, 5.74) is 2.43. The van der Waals surface area contributed by atoms with Crippen LogP contribution in [0.3, 0.4) is 0 Å². The van der Waals surface area contributed by atoms with Crippen molar-refractivity contribution < 1.29 is 14.7 Å². The minimum atomic E-state index is 0.123. The number of carbonyl (C=O) groups excluding carboxylic acids is 2. The minimum Gasteiger partial charge on any atom is -0.396 e. The molecule has 1 aromatic rings. The van der Waals surface area contributed by atoms with Gasteiger partial charge in [-0.3, -0.25) is 9.59 Å². The lowest BCUT2D eigenvalue weighted by Gasteiger charge is -2.47. The van der Waals surface area contributed by atoms with Gasteiger partial charge in [-0.25, -0.2) is 0 Å². The van der Waals surface area contributed by atoms with E-state index in [1.165, 1.54) is 5.56 Å². The molecule has 142 valence electrons. The van der Waals surface area contributed by atoms with Gasteiger partial charge in [-0.2, -0.15) is 0 Å². The number of hydrogen-bond donors (Lipinski definition) is 1. The van der Waals surface area contributed by atoms with Crippen molar-refractivity contribution in [2.45, 2.75) is 45.4 Å². The van der Waals surface area contributed by atoms with E-state index < -0.39 is 0 Å². The molecule has 2 heterocycles. The van der Waals surface area contributed by atoms with Crippen LogP contribution in [0.25, 0.3) is 0 Å². The number of hydrogen-bond acceptors (Lipinski definition) is 3. The summed E-state index contributed by atoms with van der Waals surface area (Å²) in [4.78, 5) is 28.6. The number of amides is 2. The van der Waals surface area contributed by atoms with Gasteiger partial charge in [0.2, 0.25) is 11.8 Å². The Morgan fingerprint density at radius 2 is 1.85 bits per heavy atom. The van der Waals surface area contributed by atoms with Gasteiger partial charge < -0.3 is 14.9 Å². The van der Waals surface area contributed by atoms with Crippen LogP contribution in [0.5, 0.6) is 0 Å². The summed E-state index contributed by atoms with van der Waals surface area (Å²) in [7, 11) is 0. The summed E-state index contributed by atoms with van der Waals surface area (Å²) < 4.78 is 0. The molecule has 2 fully saturated rings. The lowest BCUT2D eigenvalue weighted by atomic mass is 9.72. The van der Waals surface area contributed by atoms with E-state index in [-0.39, 0.29) is 23.8 Å². The average Bonchev–Trinajstić information content (AvgIpc) is 2.65. The third-order valence-electron chi connectivity index (χ3n) is 5.99. The first kappa shape index (κ1) is 18.9. The molecule has 5 heteroatoms. The lowest BCUT2D eigenvalue weighted by molar-refractivity contribution is -0.142. The number of benzene rings is 1. The molecule has 2 aliphatic heterocycles. The van der Waals surface area contributed by atoms with Crippen LogP contribution in [0.4, 0.5) is 0 Å². The summed E-state index contributed by atoms with van der Waals surface area (Å²) in [6.07, 6.45) is 4.58. The fourth-order valence-corrected chi connectivity index (χ4v) is 4.20. The highest BCUT2D eigenvalue weighted by Crippen LogP contribution is 2.40. The Morgan fingerprint density at radius 1 is 1.15 bits per heavy atom. The zero-order chi connectivity index (χ0) is 18.6. The highest BCUT2D eigenvalue weighted by atomic mass is 16.3. The van der Waals surface area contributed by atoms with Crippen LogP contribution >= 0.6 is 0 Å². The normalized spacial score (nSPS) is 19.8. The number of carbonyl (C=O) groups is 2. The number of piperidine rings is 2. The van der Waals surface area contributed by atoms with E-state index in [2.05, 4.69) is 6.92 Å². The molecule has 2 aliphatic rings. The molecule has 0 aromatic heterocycles. The quantitative estimate of drug-likeness (QED) is 0.877. The van der Waals surface area contributed by atoms with E-state index in [0.29, 0.717) is 25.8 Å². The van der Waals surface area contributed by atoms with Crippen molar-refractivity contribution in [2.24, 2.45) is 5.41 Å². The van der Waals surface area contributed by atoms with E-state index in [1.807, 2.05) is 34.1 Å². The molecule has 1 spiro atoms. The van der Waals surface area contributed by atoms with Gasteiger partial charge in [0.25, 0.3) is 0 Å². The standard InChI is InChI=1S/C21H30N2O3/c1-17-3-5-18(6-4-17)15-20(26)22-12-9-21(10-13-22)8-7-19(25)23(16-21)11-2-14-24/h3-6,24H,2,7-16H2,1H3. The number of rotatable bonds is 5. The molecule has 1 N–H and O–H groups in total. The van der Waals surface area contributed by atoms with Gasteiger partial charge in [-0.1, -0.05) is 29.8 Å². The van der Waals surface area contributed by atoms with E-state index >= 15 is 0 Å². The molecule has 5 nitrogen and oxygen atoms in total. The first-order valence-electron chi connectivity index (χ1n) is 9.73. The molecule has 0 saturated carbocycles. The minimum absolute atomic E-state index is 0.123. The largest absolute Gasteiger partial charge is 0.396 e. The first-order chi connectivity index (χ1) is 12.5. The zero-order valence-corrected chi connectivity index (χ0v) is 15.7. The van der Waals surface area contributed by atoms with Gasteiger partial charge >= 0.3 is 0 Å². The molecule has 0 unspecified atom stereocenters. The van der Waals surface area contributed by atoms with Crippen LogP contribution in [-0.4, -0.2) is 59.5 Å². The van der Waals surface area contributed by atoms with Crippen molar-refractivity contribution >= 4 is 11.8 Å². The Labute approximate surface area is 156 Å². The summed E-state index contributed by atoms with van der Waals surface area (Å²) in [6, 6.07) is 8.16. The van der Waals surface area contributed by atoms with Crippen LogP contribution in [-0.2, 0) is 16.0 Å². The van der Waals surface area contributed by atoms with Crippen molar-refractivity contribution in [1.29, 1.82) is 0 Å². The maximum absolute atomic E-state index is 12.6. The molecule has 0 bridgehead atoms. The van der Waals surface area contributed by atoms with Crippen molar-refractivity contribution in [3.63, 3.8) is 0 Å². The molecular weight excluding hydrogens is 328 g/mol. The Balaban J connectivity index is 1.53. The van der Waals surface area contributed by atoms with Gasteiger partial charge in [0.1, 0.15) is 0 Å².